The molecule has 0 amide bonds. The van der Waals surface area contributed by atoms with Crippen LogP contribution in [-0.2, 0) is 10.0 Å². The Morgan fingerprint density at radius 3 is 2.29 bits per heavy atom. The van der Waals surface area contributed by atoms with Crippen molar-refractivity contribution in [3.63, 3.8) is 0 Å². The number of anilines is 1. The Morgan fingerprint density at radius 1 is 1.04 bits per heavy atom. The molecule has 0 saturated carbocycles. The SMILES string of the molecule is Cc1ccc(S(=O)(=O)N2CCN(c3cc(C#N)ccc3[N+](=O)[O-])CC2)cc1C. The number of nitriles is 1. The van der Waals surface area contributed by atoms with Crippen molar-refractivity contribution in [1.29, 1.82) is 5.26 Å². The standard InChI is InChI=1S/C19H20N4O4S/c1-14-3-5-17(11-15(14)2)28(26,27)22-9-7-21(8-10-22)19-12-16(13-20)4-6-18(19)23(24)25/h3-6,11-12H,7-10H2,1-2H3. The van der Waals surface area contributed by atoms with E-state index < -0.39 is 14.9 Å². The second kappa shape index (κ2) is 7.58. The van der Waals surface area contributed by atoms with E-state index in [4.69, 9.17) is 5.26 Å². The summed E-state index contributed by atoms with van der Waals surface area (Å²) in [6.07, 6.45) is 0. The molecule has 1 aliphatic heterocycles. The first-order chi connectivity index (χ1) is 13.2. The average molecular weight is 400 g/mol. The lowest BCUT2D eigenvalue weighted by Gasteiger charge is -2.35. The number of sulfonamides is 1. The first-order valence-corrected chi connectivity index (χ1v) is 10.2. The van der Waals surface area contributed by atoms with Crippen LogP contribution in [0.25, 0.3) is 0 Å². The van der Waals surface area contributed by atoms with Crippen molar-refractivity contribution in [2.45, 2.75) is 18.7 Å². The van der Waals surface area contributed by atoms with Crippen LogP contribution < -0.4 is 4.90 Å². The van der Waals surface area contributed by atoms with Crippen molar-refractivity contribution in [3.05, 3.63) is 63.2 Å². The van der Waals surface area contributed by atoms with Crippen molar-refractivity contribution >= 4 is 21.4 Å². The summed E-state index contributed by atoms with van der Waals surface area (Å²) in [6, 6.07) is 11.2. The van der Waals surface area contributed by atoms with E-state index in [1.165, 1.54) is 22.5 Å². The molecule has 9 heteroatoms. The first kappa shape index (κ1) is 19.8. The summed E-state index contributed by atoms with van der Waals surface area (Å²) in [6.45, 7) is 4.83. The van der Waals surface area contributed by atoms with Gasteiger partial charge in [0.15, 0.2) is 0 Å². The molecule has 2 aromatic rings. The quantitative estimate of drug-likeness (QED) is 0.577. The number of piperazine rings is 1. The van der Waals surface area contributed by atoms with Crippen LogP contribution in [0.1, 0.15) is 16.7 Å². The molecule has 3 rings (SSSR count). The number of hydrogen-bond acceptors (Lipinski definition) is 6. The van der Waals surface area contributed by atoms with E-state index in [2.05, 4.69) is 0 Å². The van der Waals surface area contributed by atoms with Gasteiger partial charge in [-0.3, -0.25) is 10.1 Å². The molecule has 1 fully saturated rings. The topological polar surface area (TPSA) is 108 Å². The first-order valence-electron chi connectivity index (χ1n) is 8.75. The average Bonchev–Trinajstić information content (AvgIpc) is 2.69. The fourth-order valence-corrected chi connectivity index (χ4v) is 4.70. The lowest BCUT2D eigenvalue weighted by Crippen LogP contribution is -2.48. The number of nitro groups is 1. The summed E-state index contributed by atoms with van der Waals surface area (Å²) in [5.74, 6) is 0. The molecular formula is C19H20N4O4S. The molecule has 0 radical (unpaired) electrons. The molecule has 28 heavy (non-hydrogen) atoms. The Bertz CT molecular complexity index is 1070. The number of rotatable bonds is 4. The minimum absolute atomic E-state index is 0.0931. The zero-order chi connectivity index (χ0) is 20.5. The minimum Gasteiger partial charge on any atom is -0.363 e. The Kier molecular flexibility index (Phi) is 5.36. The third-order valence-electron chi connectivity index (χ3n) is 5.00. The zero-order valence-electron chi connectivity index (χ0n) is 15.6. The maximum atomic E-state index is 12.9. The highest BCUT2D eigenvalue weighted by molar-refractivity contribution is 7.89. The van der Waals surface area contributed by atoms with Crippen molar-refractivity contribution < 1.29 is 13.3 Å². The summed E-state index contributed by atoms with van der Waals surface area (Å²) in [4.78, 5) is 12.8. The van der Waals surface area contributed by atoms with Crippen LogP contribution in [0.3, 0.4) is 0 Å². The predicted octanol–water partition coefficient (Wildman–Crippen LogP) is 2.59. The van der Waals surface area contributed by atoms with Crippen LogP contribution in [0.2, 0.25) is 0 Å². The van der Waals surface area contributed by atoms with Crippen LogP contribution >= 0.6 is 0 Å². The van der Waals surface area contributed by atoms with E-state index in [0.29, 0.717) is 24.3 Å². The molecule has 8 nitrogen and oxygen atoms in total. The monoisotopic (exact) mass is 400 g/mol. The Morgan fingerprint density at radius 2 is 1.71 bits per heavy atom. The van der Waals surface area contributed by atoms with Crippen LogP contribution in [-0.4, -0.2) is 43.8 Å². The van der Waals surface area contributed by atoms with Crippen LogP contribution in [0.15, 0.2) is 41.3 Å². The van der Waals surface area contributed by atoms with Gasteiger partial charge in [-0.1, -0.05) is 6.07 Å². The number of benzene rings is 2. The summed E-state index contributed by atoms with van der Waals surface area (Å²) in [5.41, 5.74) is 2.50. The van der Waals surface area contributed by atoms with Crippen molar-refractivity contribution in [3.8, 4) is 6.07 Å². The van der Waals surface area contributed by atoms with E-state index in [1.807, 2.05) is 19.9 Å². The van der Waals surface area contributed by atoms with E-state index in [9.17, 15) is 18.5 Å². The summed E-state index contributed by atoms with van der Waals surface area (Å²) >= 11 is 0. The Labute approximate surface area is 163 Å². The number of nitrogens with zero attached hydrogens (tertiary/aromatic N) is 4. The summed E-state index contributed by atoms with van der Waals surface area (Å²) in [5, 5.41) is 20.4. The molecule has 146 valence electrons. The lowest BCUT2D eigenvalue weighted by molar-refractivity contribution is -0.384. The van der Waals surface area contributed by atoms with Gasteiger partial charge in [0.1, 0.15) is 5.69 Å². The maximum Gasteiger partial charge on any atom is 0.292 e. The van der Waals surface area contributed by atoms with E-state index >= 15 is 0 Å². The third-order valence-corrected chi connectivity index (χ3v) is 6.89. The highest BCUT2D eigenvalue weighted by Gasteiger charge is 2.31. The largest absolute Gasteiger partial charge is 0.363 e. The van der Waals surface area contributed by atoms with Crippen molar-refractivity contribution in [1.82, 2.24) is 4.31 Å². The number of hydrogen-bond donors (Lipinski definition) is 0. The van der Waals surface area contributed by atoms with Crippen LogP contribution in [0.4, 0.5) is 11.4 Å². The molecule has 0 N–H and O–H groups in total. The summed E-state index contributed by atoms with van der Waals surface area (Å²) < 4.78 is 27.2. The van der Waals surface area contributed by atoms with E-state index in [-0.39, 0.29) is 23.7 Å². The smallest absolute Gasteiger partial charge is 0.292 e. The maximum absolute atomic E-state index is 12.9. The third kappa shape index (κ3) is 3.69. The van der Waals surface area contributed by atoms with Gasteiger partial charge in [0.2, 0.25) is 10.0 Å². The number of nitro benzene ring substituents is 1. The molecule has 0 aliphatic carbocycles. The van der Waals surface area contributed by atoms with Crippen LogP contribution in [0, 0.1) is 35.3 Å². The molecular weight excluding hydrogens is 380 g/mol. The Balaban J connectivity index is 1.82. The van der Waals surface area contributed by atoms with Gasteiger partial charge in [-0.15, -0.1) is 0 Å². The van der Waals surface area contributed by atoms with Crippen molar-refractivity contribution in [2.75, 3.05) is 31.1 Å². The highest BCUT2D eigenvalue weighted by atomic mass is 32.2. The van der Waals surface area contributed by atoms with Gasteiger partial charge in [0.25, 0.3) is 5.69 Å². The summed E-state index contributed by atoms with van der Waals surface area (Å²) in [7, 11) is -3.63. The molecule has 1 aliphatic rings. The fraction of sp³-hybridized carbons (Fsp3) is 0.316. The molecule has 0 unspecified atom stereocenters. The predicted molar refractivity (Wildman–Crippen MR) is 105 cm³/mol. The van der Waals surface area contributed by atoms with Gasteiger partial charge in [0.05, 0.1) is 21.5 Å². The molecule has 0 aromatic heterocycles. The zero-order valence-corrected chi connectivity index (χ0v) is 16.4. The molecule has 2 aromatic carbocycles. The highest BCUT2D eigenvalue weighted by Crippen LogP contribution is 2.31. The minimum atomic E-state index is -3.63. The lowest BCUT2D eigenvalue weighted by atomic mass is 10.1. The molecule has 1 saturated heterocycles. The molecule has 0 atom stereocenters. The molecule has 0 bridgehead atoms. The van der Waals surface area contributed by atoms with Gasteiger partial charge < -0.3 is 4.90 Å². The number of aryl methyl sites for hydroxylation is 2. The van der Waals surface area contributed by atoms with Gasteiger partial charge in [-0.25, -0.2) is 8.42 Å². The van der Waals surface area contributed by atoms with Gasteiger partial charge in [0, 0.05) is 32.2 Å². The van der Waals surface area contributed by atoms with Crippen molar-refractivity contribution in [2.24, 2.45) is 0 Å². The molecule has 0 spiro atoms. The van der Waals surface area contributed by atoms with Crippen LogP contribution in [0.5, 0.6) is 0 Å². The second-order valence-electron chi connectivity index (χ2n) is 6.71. The fourth-order valence-electron chi connectivity index (χ4n) is 3.19. The second-order valence-corrected chi connectivity index (χ2v) is 8.65. The normalized spacial score (nSPS) is 15.2. The molecule has 1 heterocycles. The van der Waals surface area contributed by atoms with E-state index in [1.54, 1.807) is 23.1 Å². The van der Waals surface area contributed by atoms with Gasteiger partial charge in [-0.05, 0) is 49.2 Å². The van der Waals surface area contributed by atoms with Gasteiger partial charge >= 0.3 is 0 Å². The Hall–Kier alpha value is -2.96. The van der Waals surface area contributed by atoms with E-state index in [0.717, 1.165) is 11.1 Å². The van der Waals surface area contributed by atoms with Gasteiger partial charge in [-0.2, -0.15) is 9.57 Å².